The van der Waals surface area contributed by atoms with Crippen molar-refractivity contribution in [3.63, 3.8) is 0 Å². The van der Waals surface area contributed by atoms with E-state index in [1.807, 2.05) is 12.1 Å². The molecule has 1 aromatic carbocycles. The molecule has 1 aromatic rings. The number of unbranched alkanes of at least 4 members (excludes halogenated alkanes) is 19. The molecule has 0 aliphatic rings. The van der Waals surface area contributed by atoms with Crippen LogP contribution in [0, 0.1) is 6.92 Å². The zero-order valence-electron chi connectivity index (χ0n) is 23.9. The number of carboxylic acids is 1. The quantitative estimate of drug-likeness (QED) is 0.156. The molecule has 0 aliphatic heterocycles. The van der Waals surface area contributed by atoms with Gasteiger partial charge in [-0.05, 0) is 54.5 Å². The van der Waals surface area contributed by atoms with Crippen LogP contribution in [0.5, 0.6) is 0 Å². The largest absolute Gasteiger partial charge is 0.478 e. The molecule has 0 amide bonds. The van der Waals surface area contributed by atoms with Crippen molar-refractivity contribution in [2.75, 3.05) is 0 Å². The standard InChI is InChI=1S/C33H58O2/c1-5-6-7-8-9-10-11-12-13-14-15-16-17-18-19-20-21-22-23-24-25-30-27-31(33(34)35)26-29(4)32(30)28(2)3/h26-28H,5-25H2,1-4H3,(H,34,35). The van der Waals surface area contributed by atoms with Crippen molar-refractivity contribution in [2.24, 2.45) is 0 Å². The normalized spacial score (nSPS) is 11.5. The molecule has 0 radical (unpaired) electrons. The van der Waals surface area contributed by atoms with Gasteiger partial charge in [0, 0.05) is 0 Å². The molecule has 0 saturated heterocycles. The number of benzene rings is 1. The van der Waals surface area contributed by atoms with Crippen LogP contribution in [0.25, 0.3) is 0 Å². The number of carbonyl (C=O) groups is 1. The van der Waals surface area contributed by atoms with Crippen LogP contribution in [-0.4, -0.2) is 11.1 Å². The van der Waals surface area contributed by atoms with E-state index in [1.165, 1.54) is 140 Å². The molecule has 0 spiro atoms. The summed E-state index contributed by atoms with van der Waals surface area (Å²) in [5.74, 6) is -0.369. The summed E-state index contributed by atoms with van der Waals surface area (Å²) in [6.07, 6.45) is 29.0. The minimum Gasteiger partial charge on any atom is -0.478 e. The average molecular weight is 487 g/mol. The Kier molecular flexibility index (Phi) is 18.9. The van der Waals surface area contributed by atoms with Gasteiger partial charge in [0.2, 0.25) is 0 Å². The summed E-state index contributed by atoms with van der Waals surface area (Å²) in [5, 5.41) is 9.40. The molecule has 202 valence electrons. The van der Waals surface area contributed by atoms with Crippen molar-refractivity contribution < 1.29 is 9.90 Å². The van der Waals surface area contributed by atoms with E-state index in [-0.39, 0.29) is 0 Å². The predicted molar refractivity (Wildman–Crippen MR) is 154 cm³/mol. The van der Waals surface area contributed by atoms with E-state index in [0.717, 1.165) is 12.0 Å². The van der Waals surface area contributed by atoms with Gasteiger partial charge < -0.3 is 5.11 Å². The zero-order valence-corrected chi connectivity index (χ0v) is 23.9. The molecule has 0 unspecified atom stereocenters. The lowest BCUT2D eigenvalue weighted by Crippen LogP contribution is -2.05. The monoisotopic (exact) mass is 486 g/mol. The highest BCUT2D eigenvalue weighted by atomic mass is 16.4. The first-order valence-corrected chi connectivity index (χ1v) is 15.3. The fourth-order valence-corrected chi connectivity index (χ4v) is 5.60. The molecule has 2 heteroatoms. The predicted octanol–water partition coefficient (Wildman–Crippen LogP) is 11.2. The number of carboxylic acid groups (broad SMARTS) is 1. The molecule has 1 N–H and O–H groups in total. The van der Waals surface area contributed by atoms with Crippen molar-refractivity contribution in [3.8, 4) is 0 Å². The Morgan fingerprint density at radius 1 is 0.657 bits per heavy atom. The summed E-state index contributed by atoms with van der Waals surface area (Å²) in [5.41, 5.74) is 4.17. The van der Waals surface area contributed by atoms with E-state index in [2.05, 4.69) is 27.7 Å². The Labute approximate surface area is 218 Å². The van der Waals surface area contributed by atoms with E-state index in [9.17, 15) is 9.90 Å². The van der Waals surface area contributed by atoms with Crippen LogP contribution in [0.2, 0.25) is 0 Å². The van der Waals surface area contributed by atoms with E-state index >= 15 is 0 Å². The molecule has 0 aliphatic carbocycles. The van der Waals surface area contributed by atoms with Crippen LogP contribution >= 0.6 is 0 Å². The first-order valence-electron chi connectivity index (χ1n) is 15.3. The average Bonchev–Trinajstić information content (AvgIpc) is 2.82. The summed E-state index contributed by atoms with van der Waals surface area (Å²) >= 11 is 0. The van der Waals surface area contributed by atoms with Crippen LogP contribution in [0.3, 0.4) is 0 Å². The van der Waals surface area contributed by atoms with Gasteiger partial charge in [0.05, 0.1) is 5.56 Å². The lowest BCUT2D eigenvalue weighted by Gasteiger charge is -2.17. The summed E-state index contributed by atoms with van der Waals surface area (Å²) < 4.78 is 0. The van der Waals surface area contributed by atoms with Crippen LogP contribution < -0.4 is 0 Å². The van der Waals surface area contributed by atoms with Gasteiger partial charge in [-0.25, -0.2) is 4.79 Å². The van der Waals surface area contributed by atoms with Crippen molar-refractivity contribution >= 4 is 5.97 Å². The highest BCUT2D eigenvalue weighted by Crippen LogP contribution is 2.27. The Bertz CT molecular complexity index is 661. The molecule has 1 rings (SSSR count). The smallest absolute Gasteiger partial charge is 0.335 e. The number of hydrogen-bond acceptors (Lipinski definition) is 1. The molecule has 0 aromatic heterocycles. The van der Waals surface area contributed by atoms with Crippen molar-refractivity contribution in [1.82, 2.24) is 0 Å². The van der Waals surface area contributed by atoms with Gasteiger partial charge in [0.15, 0.2) is 0 Å². The first kappa shape index (κ1) is 31.7. The minimum absolute atomic E-state index is 0.440. The summed E-state index contributed by atoms with van der Waals surface area (Å²) in [4.78, 5) is 11.4. The zero-order chi connectivity index (χ0) is 25.7. The number of aromatic carboxylic acids is 1. The second kappa shape index (κ2) is 20.8. The molecule has 0 saturated carbocycles. The molecule has 35 heavy (non-hydrogen) atoms. The van der Waals surface area contributed by atoms with Crippen LogP contribution in [0.4, 0.5) is 0 Å². The van der Waals surface area contributed by atoms with Gasteiger partial charge >= 0.3 is 5.97 Å². The Balaban J connectivity index is 1.96. The third-order valence-electron chi connectivity index (χ3n) is 7.60. The Morgan fingerprint density at radius 3 is 1.37 bits per heavy atom. The number of rotatable bonds is 23. The van der Waals surface area contributed by atoms with Gasteiger partial charge in [-0.1, -0.05) is 143 Å². The van der Waals surface area contributed by atoms with Gasteiger partial charge in [-0.15, -0.1) is 0 Å². The Hall–Kier alpha value is -1.31. The first-order chi connectivity index (χ1) is 17.0. The number of hydrogen-bond donors (Lipinski definition) is 1. The van der Waals surface area contributed by atoms with Gasteiger partial charge in [-0.2, -0.15) is 0 Å². The van der Waals surface area contributed by atoms with Gasteiger partial charge in [0.25, 0.3) is 0 Å². The fourth-order valence-electron chi connectivity index (χ4n) is 5.60. The molecule has 0 heterocycles. The highest BCUT2D eigenvalue weighted by Gasteiger charge is 2.14. The summed E-state index contributed by atoms with van der Waals surface area (Å²) in [7, 11) is 0. The van der Waals surface area contributed by atoms with E-state index in [1.54, 1.807) is 0 Å². The lowest BCUT2D eigenvalue weighted by atomic mass is 9.88. The van der Waals surface area contributed by atoms with Crippen LogP contribution in [-0.2, 0) is 6.42 Å². The summed E-state index contributed by atoms with van der Waals surface area (Å²) in [6, 6.07) is 3.75. The van der Waals surface area contributed by atoms with Crippen molar-refractivity contribution in [1.29, 1.82) is 0 Å². The van der Waals surface area contributed by atoms with E-state index in [0.29, 0.717) is 11.5 Å². The SMILES string of the molecule is CCCCCCCCCCCCCCCCCCCCCCc1cc(C(=O)O)cc(C)c1C(C)C. The maximum absolute atomic E-state index is 11.4. The van der Waals surface area contributed by atoms with E-state index in [4.69, 9.17) is 0 Å². The van der Waals surface area contributed by atoms with Crippen LogP contribution in [0.15, 0.2) is 12.1 Å². The van der Waals surface area contributed by atoms with Gasteiger partial charge in [0.1, 0.15) is 0 Å². The maximum atomic E-state index is 11.4. The fraction of sp³-hybridized carbons (Fsp3) is 0.788. The molecule has 0 bridgehead atoms. The van der Waals surface area contributed by atoms with Crippen LogP contribution in [0.1, 0.15) is 182 Å². The third kappa shape index (κ3) is 15.4. The molecular weight excluding hydrogens is 428 g/mol. The number of aryl methyl sites for hydroxylation is 2. The lowest BCUT2D eigenvalue weighted by molar-refractivity contribution is 0.0696. The van der Waals surface area contributed by atoms with E-state index < -0.39 is 5.97 Å². The Morgan fingerprint density at radius 2 is 1.03 bits per heavy atom. The summed E-state index contributed by atoms with van der Waals surface area (Å²) in [6.45, 7) is 8.77. The minimum atomic E-state index is -0.812. The topological polar surface area (TPSA) is 37.3 Å². The van der Waals surface area contributed by atoms with Gasteiger partial charge in [-0.3, -0.25) is 0 Å². The molecular formula is C33H58O2. The molecule has 2 nitrogen and oxygen atoms in total. The second-order valence-electron chi connectivity index (χ2n) is 11.3. The second-order valence-corrected chi connectivity index (χ2v) is 11.3. The van der Waals surface area contributed by atoms with Crippen molar-refractivity contribution in [3.05, 3.63) is 34.4 Å². The maximum Gasteiger partial charge on any atom is 0.335 e. The van der Waals surface area contributed by atoms with Crippen molar-refractivity contribution in [2.45, 2.75) is 168 Å². The third-order valence-corrected chi connectivity index (χ3v) is 7.60. The molecule has 0 atom stereocenters. The molecule has 0 fully saturated rings. The highest BCUT2D eigenvalue weighted by molar-refractivity contribution is 5.88.